The van der Waals surface area contributed by atoms with Crippen molar-refractivity contribution in [2.24, 2.45) is 5.14 Å². The number of carboxylic acids is 1. The van der Waals surface area contributed by atoms with Crippen molar-refractivity contribution in [1.82, 2.24) is 33.8 Å². The predicted molar refractivity (Wildman–Crippen MR) is 358 cm³/mol. The molecule has 0 amide bonds. The molecule has 96 heavy (non-hydrogen) atoms. The van der Waals surface area contributed by atoms with E-state index in [4.69, 9.17) is 38.3 Å². The Hall–Kier alpha value is -8.66. The number of benzene rings is 4. The minimum Gasteiger partial charge on any atom is -0.497 e. The maximum atomic E-state index is 16.0. The molecule has 0 atom stereocenters. The molecular weight excluding hydrogens is 1280 g/mol. The Labute approximate surface area is 560 Å². The van der Waals surface area contributed by atoms with Crippen molar-refractivity contribution in [3.05, 3.63) is 178 Å². The monoisotopic (exact) mass is 1360 g/mol. The van der Waals surface area contributed by atoms with Gasteiger partial charge in [-0.2, -0.15) is 14.5 Å². The molecule has 8 aromatic rings. The normalized spacial score (nSPS) is 12.2. The van der Waals surface area contributed by atoms with Crippen LogP contribution in [0, 0.1) is 11.6 Å². The minimum absolute atomic E-state index is 0.0226. The van der Waals surface area contributed by atoms with Crippen LogP contribution in [0.1, 0.15) is 133 Å². The lowest BCUT2D eigenvalue weighted by molar-refractivity contribution is -0.154. The van der Waals surface area contributed by atoms with Crippen LogP contribution in [0.2, 0.25) is 0 Å². The topological polar surface area (TPSA) is 278 Å². The zero-order valence-electron chi connectivity index (χ0n) is 56.9. The molecule has 26 heteroatoms. The van der Waals surface area contributed by atoms with Crippen LogP contribution in [0.5, 0.6) is 23.3 Å². The summed E-state index contributed by atoms with van der Waals surface area (Å²) < 4.78 is 126. The number of halogens is 2. The first-order chi connectivity index (χ1) is 45.1. The second-order valence-electron chi connectivity index (χ2n) is 25.8. The molecule has 0 bridgehead atoms. The number of hydrogen-bond acceptors (Lipinski definition) is 17. The molecule has 516 valence electrons. The second-order valence-corrected chi connectivity index (χ2v) is 29.3. The highest BCUT2D eigenvalue weighted by Gasteiger charge is 2.32. The number of pyridine rings is 2. The van der Waals surface area contributed by atoms with Gasteiger partial charge in [0.2, 0.25) is 31.8 Å². The molecule has 0 aliphatic heterocycles. The first-order valence-electron chi connectivity index (χ1n) is 30.8. The number of primary sulfonamides is 1. The summed E-state index contributed by atoms with van der Waals surface area (Å²) in [5.74, 6) is -1.10. The van der Waals surface area contributed by atoms with E-state index in [1.54, 1.807) is 120 Å². The summed E-state index contributed by atoms with van der Waals surface area (Å²) in [6.45, 7) is 20.5. The maximum absolute atomic E-state index is 16.0. The van der Waals surface area contributed by atoms with E-state index < -0.39 is 60.3 Å². The van der Waals surface area contributed by atoms with Crippen molar-refractivity contribution in [1.29, 1.82) is 0 Å². The Kier molecular flexibility index (Phi) is 24.5. The van der Waals surface area contributed by atoms with Crippen LogP contribution < -0.4 is 24.1 Å². The number of hydrogen-bond donors (Lipinski definition) is 2. The molecule has 8 rings (SSSR count). The van der Waals surface area contributed by atoms with Crippen LogP contribution >= 0.6 is 0 Å². The number of nitrogens with two attached hydrogens (primary N) is 1. The molecule has 4 aromatic carbocycles. The van der Waals surface area contributed by atoms with Crippen LogP contribution in [-0.2, 0) is 94.1 Å². The lowest BCUT2D eigenvalue weighted by atomic mass is 9.86. The van der Waals surface area contributed by atoms with E-state index in [0.717, 1.165) is 11.1 Å². The number of aliphatic carboxylic acids is 1. The zero-order chi connectivity index (χ0) is 70.7. The first-order valence-corrected chi connectivity index (χ1v) is 33.8. The molecule has 0 spiro atoms. The third kappa shape index (κ3) is 19.1. The molecule has 0 aliphatic rings. The number of carbonyl (C=O) groups is 2. The van der Waals surface area contributed by atoms with E-state index in [-0.39, 0.29) is 85.7 Å². The molecule has 0 saturated heterocycles. The SMILES string of the molecule is COCc1cc(-c2ccnc(OCC(C)(C)n3cc(S(=O)(=O)N(Cc4ccc(OC)cc4)Cc4ccc(OC)cc4)cn3)c2)c(CC(=O)OC(C)(C)C)c(C(C)C)c1F.COCc1cc(-c2ccnc(OCC(C)(C)n3cc(S(N)(=O)=O)cn3)c2)c(CC(=O)O)c(C(C)C)c1F. The number of carbonyl (C=O) groups excluding carboxylic acids is 1. The molecule has 4 heterocycles. The summed E-state index contributed by atoms with van der Waals surface area (Å²) in [4.78, 5) is 33.5. The van der Waals surface area contributed by atoms with Gasteiger partial charge >= 0.3 is 11.9 Å². The van der Waals surface area contributed by atoms with Crippen LogP contribution in [-0.4, -0.2) is 115 Å². The number of ether oxygens (including phenoxy) is 7. The summed E-state index contributed by atoms with van der Waals surface area (Å²) in [5.41, 5.74) is 4.01. The van der Waals surface area contributed by atoms with Crippen molar-refractivity contribution in [3.63, 3.8) is 0 Å². The molecule has 0 fully saturated rings. The van der Waals surface area contributed by atoms with Gasteiger partial charge in [0.25, 0.3) is 0 Å². The van der Waals surface area contributed by atoms with Crippen LogP contribution in [0.4, 0.5) is 8.78 Å². The Morgan fingerprint density at radius 1 is 0.604 bits per heavy atom. The fourth-order valence-corrected chi connectivity index (χ4v) is 12.4. The highest BCUT2D eigenvalue weighted by atomic mass is 32.2. The average molecular weight is 1370 g/mol. The van der Waals surface area contributed by atoms with Gasteiger partial charge in [0.1, 0.15) is 51.7 Å². The van der Waals surface area contributed by atoms with Crippen LogP contribution in [0.15, 0.2) is 132 Å². The fraction of sp³-hybridized carbons (Fsp3) is 0.400. The molecular formula is C70H86F2N8O14S2. The largest absolute Gasteiger partial charge is 0.497 e. The molecule has 0 radical (unpaired) electrons. The third-order valence-electron chi connectivity index (χ3n) is 15.4. The summed E-state index contributed by atoms with van der Waals surface area (Å²) in [7, 11) is -1.82. The summed E-state index contributed by atoms with van der Waals surface area (Å²) in [6, 6.07) is 24.7. The predicted octanol–water partition coefficient (Wildman–Crippen LogP) is 11.9. The second kappa shape index (κ2) is 31.5. The van der Waals surface area contributed by atoms with Crippen molar-refractivity contribution in [3.8, 4) is 45.5 Å². The number of methoxy groups -OCH3 is 4. The molecule has 0 saturated carbocycles. The summed E-state index contributed by atoms with van der Waals surface area (Å²) in [5, 5.41) is 23.3. The van der Waals surface area contributed by atoms with Crippen molar-refractivity contribution >= 4 is 32.0 Å². The quantitative estimate of drug-likeness (QED) is 0.0412. The van der Waals surface area contributed by atoms with Gasteiger partial charge < -0.3 is 38.3 Å². The first kappa shape index (κ1) is 74.7. The molecule has 3 N–H and O–H groups in total. The van der Waals surface area contributed by atoms with Crippen LogP contribution in [0.25, 0.3) is 22.3 Å². The van der Waals surface area contributed by atoms with E-state index in [9.17, 15) is 31.5 Å². The average Bonchev–Trinajstić information content (AvgIpc) is 0.897. The van der Waals surface area contributed by atoms with Gasteiger partial charge in [-0.15, -0.1) is 0 Å². The molecule has 0 unspecified atom stereocenters. The van der Waals surface area contributed by atoms with E-state index >= 15 is 8.78 Å². The van der Waals surface area contributed by atoms with E-state index in [1.807, 2.05) is 65.8 Å². The van der Waals surface area contributed by atoms with E-state index in [0.29, 0.717) is 67.1 Å². The molecule has 0 aliphatic carbocycles. The third-order valence-corrected chi connectivity index (χ3v) is 18.0. The van der Waals surface area contributed by atoms with Gasteiger partial charge in [-0.1, -0.05) is 52.0 Å². The highest BCUT2D eigenvalue weighted by Crippen LogP contribution is 2.39. The zero-order valence-corrected chi connectivity index (χ0v) is 58.5. The van der Waals surface area contributed by atoms with E-state index in [2.05, 4.69) is 20.2 Å². The fourth-order valence-electron chi connectivity index (χ4n) is 10.6. The van der Waals surface area contributed by atoms with Crippen molar-refractivity contribution in [2.45, 2.75) is 154 Å². The van der Waals surface area contributed by atoms with E-state index in [1.165, 1.54) is 54.2 Å². The highest BCUT2D eigenvalue weighted by molar-refractivity contribution is 7.89. The minimum atomic E-state index is -4.05. The summed E-state index contributed by atoms with van der Waals surface area (Å²) >= 11 is 0. The lowest BCUT2D eigenvalue weighted by Crippen LogP contribution is -2.34. The van der Waals surface area contributed by atoms with Gasteiger partial charge in [0.15, 0.2) is 0 Å². The maximum Gasteiger partial charge on any atom is 0.310 e. The number of sulfonamides is 2. The lowest BCUT2D eigenvalue weighted by Gasteiger charge is -2.26. The molecule has 4 aromatic heterocycles. The van der Waals surface area contributed by atoms with Gasteiger partial charge in [-0.3, -0.25) is 19.0 Å². The van der Waals surface area contributed by atoms with Crippen molar-refractivity contribution < 1.29 is 73.5 Å². The van der Waals surface area contributed by atoms with Crippen LogP contribution in [0.3, 0.4) is 0 Å². The number of aromatic nitrogens is 6. The molecule has 22 nitrogen and oxygen atoms in total. The van der Waals surface area contributed by atoms with Crippen molar-refractivity contribution in [2.75, 3.05) is 41.7 Å². The number of esters is 1. The van der Waals surface area contributed by atoms with Gasteiger partial charge in [0.05, 0.1) is 63.7 Å². The van der Waals surface area contributed by atoms with Gasteiger partial charge in [0, 0.05) is 75.4 Å². The Bertz CT molecular complexity index is 4200. The Morgan fingerprint density at radius 3 is 1.38 bits per heavy atom. The summed E-state index contributed by atoms with van der Waals surface area (Å²) in [6.07, 6.45) is 7.94. The number of nitrogens with zero attached hydrogens (tertiary/aromatic N) is 7. The standard InChI is InChI=1S/C45H55FN4O8S.C25H31FN4O6S/c1-30(2)42-39(23-41(51)58-44(3,4)5)38(21-34(28-54-8)43(42)46)33-19-20-47-40(22-33)57-29-45(6,7)50-27-37(24-48-50)59(52,53)49(25-31-11-15-35(55-9)16-12-31)26-32-13-17-36(56-10)18-14-32;1-15(2)23-20(10-22(31)32)19(8-17(13-35-5)24(23)26)16-6-7-28-21(9-16)36-14-25(3,4)30-12-18(11-29-30)37(27,33)34/h11-22,24,27,30H,23,25-26,28-29H2,1-10H3;6-9,11-12,15H,10,13-14H2,1-5H3,(H,31,32)(H2,27,33,34). The smallest absolute Gasteiger partial charge is 0.310 e. The number of carboxylic acid groups (broad SMARTS) is 1. The van der Waals surface area contributed by atoms with Gasteiger partial charge in [-0.25, -0.2) is 40.7 Å². The Balaban J connectivity index is 0.000000301. The number of rotatable bonds is 29. The van der Waals surface area contributed by atoms with Gasteiger partial charge in [-0.05, 0) is 164 Å². The Morgan fingerprint density at radius 2 is 1.01 bits per heavy atom.